The summed E-state index contributed by atoms with van der Waals surface area (Å²) in [5.74, 6) is -0.0423. The van der Waals surface area contributed by atoms with E-state index in [0.717, 1.165) is 25.7 Å². The number of aliphatic hydroxyl groups excluding tert-OH is 1. The van der Waals surface area contributed by atoms with Gasteiger partial charge in [0.25, 0.3) is 0 Å². The Kier molecular flexibility index (Phi) is 10.4. The fourth-order valence-corrected chi connectivity index (χ4v) is 5.54. The van der Waals surface area contributed by atoms with Crippen molar-refractivity contribution in [1.82, 2.24) is 5.09 Å². The number of carbonyl (C=O) groups excluding carboxylic acids is 1. The predicted octanol–water partition coefficient (Wildman–Crippen LogP) is 5.42. The Morgan fingerprint density at radius 1 is 1.13 bits per heavy atom. The number of rotatable bonds is 12. The number of hydrogen-bond acceptors (Lipinski definition) is 8. The van der Waals surface area contributed by atoms with Crippen molar-refractivity contribution in [2.45, 2.75) is 52.5 Å². The molecule has 0 amide bonds. The molecule has 2 atom stereocenters. The summed E-state index contributed by atoms with van der Waals surface area (Å²) in [7, 11) is -4.10. The van der Waals surface area contributed by atoms with Crippen LogP contribution in [-0.2, 0) is 26.7 Å². The Labute approximate surface area is 224 Å². The third kappa shape index (κ3) is 7.88. The van der Waals surface area contributed by atoms with Crippen molar-refractivity contribution in [1.29, 1.82) is 0 Å². The smallest absolute Gasteiger partial charge is 0.459 e. The second-order valence-electron chi connectivity index (χ2n) is 9.14. The van der Waals surface area contributed by atoms with Gasteiger partial charge in [-0.15, -0.1) is 0 Å². The maximum absolute atomic E-state index is 13.8. The largest absolute Gasteiger partial charge is 0.506 e. The number of fused-ring (bicyclic) bond motifs is 1. The Morgan fingerprint density at radius 3 is 2.47 bits per heavy atom. The van der Waals surface area contributed by atoms with Crippen molar-refractivity contribution in [3.8, 4) is 11.5 Å². The van der Waals surface area contributed by atoms with E-state index < -0.39 is 19.8 Å². The first kappa shape index (κ1) is 29.3. The molecule has 204 valence electrons. The maximum atomic E-state index is 13.8. The van der Waals surface area contributed by atoms with E-state index in [0.29, 0.717) is 22.6 Å². The van der Waals surface area contributed by atoms with Crippen LogP contribution in [0.25, 0.3) is 0 Å². The van der Waals surface area contributed by atoms with E-state index >= 15 is 0 Å². The Balaban J connectivity index is 1.77. The molecule has 1 aliphatic rings. The Morgan fingerprint density at radius 2 is 1.82 bits per heavy atom. The number of aryl methyl sites for hydroxylation is 2. The highest BCUT2D eigenvalue weighted by molar-refractivity contribution is 7.52. The van der Waals surface area contributed by atoms with E-state index in [4.69, 9.17) is 19.5 Å². The number of nitrogens with one attached hydrogen (secondary N) is 1. The maximum Gasteiger partial charge on any atom is 0.459 e. The van der Waals surface area contributed by atoms with Gasteiger partial charge in [0.2, 0.25) is 0 Å². The molecule has 1 aliphatic carbocycles. The molecule has 2 aromatic rings. The number of para-hydroxylation sites is 1. The first-order valence-electron chi connectivity index (χ1n) is 12.5. The molecular weight excluding hydrogens is 505 g/mol. The second kappa shape index (κ2) is 13.5. The number of nitrogens with two attached hydrogens (primary N) is 1. The van der Waals surface area contributed by atoms with Gasteiger partial charge in [0.1, 0.15) is 23.3 Å². The number of hydrogen-bond donors (Lipinski definition) is 3. The summed E-state index contributed by atoms with van der Waals surface area (Å²) < 4.78 is 30.8. The molecule has 0 radical (unpaired) electrons. The van der Waals surface area contributed by atoms with Crippen LogP contribution in [0, 0.1) is 0 Å². The molecule has 0 saturated carbocycles. The van der Waals surface area contributed by atoms with Crippen molar-refractivity contribution < 1.29 is 28.3 Å². The van der Waals surface area contributed by atoms with Crippen LogP contribution in [0.15, 0.2) is 76.1 Å². The summed E-state index contributed by atoms with van der Waals surface area (Å²) in [6.45, 7) is 7.99. The zero-order valence-corrected chi connectivity index (χ0v) is 23.0. The lowest BCUT2D eigenvalue weighted by Crippen LogP contribution is -2.36. The van der Waals surface area contributed by atoms with Crippen molar-refractivity contribution in [2.24, 2.45) is 10.7 Å². The third-order valence-corrected chi connectivity index (χ3v) is 7.87. The van der Waals surface area contributed by atoms with E-state index in [1.54, 1.807) is 50.2 Å². The zero-order valence-electron chi connectivity index (χ0n) is 22.1. The topological polar surface area (TPSA) is 132 Å². The lowest BCUT2D eigenvalue weighted by molar-refractivity contribution is -0.135. The minimum Gasteiger partial charge on any atom is -0.506 e. The summed E-state index contributed by atoms with van der Waals surface area (Å²) in [6.07, 6.45) is 4.24. The lowest BCUT2D eigenvalue weighted by atomic mass is 9.92. The van der Waals surface area contributed by atoms with Crippen molar-refractivity contribution in [2.75, 3.05) is 13.2 Å². The average Bonchev–Trinajstić information content (AvgIpc) is 2.92. The van der Waals surface area contributed by atoms with Gasteiger partial charge in [-0.3, -0.25) is 9.52 Å². The highest BCUT2D eigenvalue weighted by Crippen LogP contribution is 2.45. The van der Waals surface area contributed by atoms with Gasteiger partial charge in [-0.2, -0.15) is 5.09 Å². The second-order valence-corrected chi connectivity index (χ2v) is 10.8. The molecule has 9 nitrogen and oxygen atoms in total. The number of aliphatic hydroxyl groups is 1. The number of allylic oxidation sites excluding steroid dienone is 1. The normalized spacial score (nSPS) is 16.7. The first-order valence-corrected chi connectivity index (χ1v) is 14.1. The molecule has 0 aromatic heterocycles. The van der Waals surface area contributed by atoms with Crippen LogP contribution in [0.4, 0.5) is 0 Å². The van der Waals surface area contributed by atoms with Crippen LogP contribution in [0.2, 0.25) is 0 Å². The van der Waals surface area contributed by atoms with Crippen LogP contribution >= 0.6 is 7.75 Å². The van der Waals surface area contributed by atoms with Gasteiger partial charge in [-0.1, -0.05) is 24.3 Å². The number of carbonyl (C=O) groups is 1. The van der Waals surface area contributed by atoms with E-state index in [2.05, 4.69) is 16.8 Å². The molecule has 0 spiro atoms. The fourth-order valence-electron chi connectivity index (χ4n) is 4.01. The predicted molar refractivity (Wildman–Crippen MR) is 149 cm³/mol. The molecule has 0 heterocycles. The molecule has 10 heteroatoms. The molecule has 0 aliphatic heterocycles. The highest BCUT2D eigenvalue weighted by atomic mass is 31.2. The molecule has 38 heavy (non-hydrogen) atoms. The number of aliphatic imine (C=N–C) groups is 1. The van der Waals surface area contributed by atoms with Crippen LogP contribution in [0.1, 0.15) is 44.7 Å². The van der Waals surface area contributed by atoms with E-state index in [9.17, 15) is 14.5 Å². The summed E-state index contributed by atoms with van der Waals surface area (Å²) in [5, 5.41) is 13.1. The lowest BCUT2D eigenvalue weighted by Gasteiger charge is -2.23. The summed E-state index contributed by atoms with van der Waals surface area (Å²) in [4.78, 5) is 16.6. The molecule has 0 saturated heterocycles. The number of nitrogens with zero attached hydrogens (tertiary/aromatic N) is 1. The first-order chi connectivity index (χ1) is 18.2. The van der Waals surface area contributed by atoms with Crippen molar-refractivity contribution >= 4 is 20.4 Å². The SMILES string of the molecule is C=N/C(C)=C(O)\C(CN)=C(/C)COP(=O)(N[C@@H](C)C(=O)Oc1ccc2c(c1)CCCC2)Oc1ccccc1. The number of esters is 1. The van der Waals surface area contributed by atoms with E-state index in [1.807, 2.05) is 12.1 Å². The third-order valence-electron chi connectivity index (χ3n) is 6.25. The molecule has 3 rings (SSSR count). The van der Waals surface area contributed by atoms with E-state index in [-0.39, 0.29) is 24.7 Å². The molecule has 2 aromatic carbocycles. The van der Waals surface area contributed by atoms with Gasteiger partial charge in [0.05, 0.1) is 12.3 Å². The summed E-state index contributed by atoms with van der Waals surface area (Å²) >= 11 is 0. The quantitative estimate of drug-likeness (QED) is 0.0811. The Hall–Kier alpha value is -3.23. The molecule has 4 N–H and O–H groups in total. The van der Waals surface area contributed by atoms with Crippen molar-refractivity contribution in [3.05, 3.63) is 82.3 Å². The van der Waals surface area contributed by atoms with Crippen molar-refractivity contribution in [3.63, 3.8) is 0 Å². The zero-order chi connectivity index (χ0) is 27.7. The molecular formula is C28H36N3O6P. The van der Waals surface area contributed by atoms with Crippen LogP contribution in [0.5, 0.6) is 11.5 Å². The van der Waals surface area contributed by atoms with Gasteiger partial charge in [0, 0.05) is 12.1 Å². The monoisotopic (exact) mass is 541 g/mol. The van der Waals surface area contributed by atoms with Gasteiger partial charge in [0.15, 0.2) is 0 Å². The molecule has 1 unspecified atom stereocenters. The summed E-state index contributed by atoms with van der Waals surface area (Å²) in [6, 6.07) is 13.1. The average molecular weight is 542 g/mol. The van der Waals surface area contributed by atoms with Crippen LogP contribution < -0.4 is 20.1 Å². The number of benzene rings is 2. The standard InChI is InChI=1S/C28H36N3O6P/c1-19(26(17-29)27(32)20(2)30-4)18-35-38(34,37-24-12-6-5-7-13-24)31-21(3)28(33)36-25-15-14-22-10-8-9-11-23(22)16-25/h5-7,12-16,21,32H,4,8-11,17-18,29H2,1-3H3,(H,31,34)/b26-19+,27-20+/t21-,38?/m0/s1. The highest BCUT2D eigenvalue weighted by Gasteiger charge is 2.33. The fraction of sp³-hybridized carbons (Fsp3) is 0.357. The summed E-state index contributed by atoms with van der Waals surface area (Å²) in [5.41, 5.74) is 9.46. The molecule has 0 fully saturated rings. The minimum atomic E-state index is -4.10. The van der Waals surface area contributed by atoms with Crippen LogP contribution in [0.3, 0.4) is 0 Å². The molecule has 0 bridgehead atoms. The number of ether oxygens (including phenoxy) is 1. The van der Waals surface area contributed by atoms with E-state index in [1.165, 1.54) is 18.1 Å². The van der Waals surface area contributed by atoms with Gasteiger partial charge >= 0.3 is 13.7 Å². The minimum absolute atomic E-state index is 0.00529. The van der Waals surface area contributed by atoms with Crippen LogP contribution in [-0.4, -0.2) is 37.0 Å². The van der Waals surface area contributed by atoms with Gasteiger partial charge in [-0.05, 0) is 94.1 Å². The van der Waals surface area contributed by atoms with Gasteiger partial charge < -0.3 is 20.1 Å². The van der Waals surface area contributed by atoms with Gasteiger partial charge in [-0.25, -0.2) is 9.36 Å². The Bertz CT molecular complexity index is 1260.